The molecule has 2 rings (SSSR count). The van der Waals surface area contributed by atoms with Crippen molar-refractivity contribution in [1.82, 2.24) is 9.80 Å². The van der Waals surface area contributed by atoms with Gasteiger partial charge in [-0.3, -0.25) is 4.90 Å². The van der Waals surface area contributed by atoms with Gasteiger partial charge in [-0.15, -0.1) is 0 Å². The van der Waals surface area contributed by atoms with Gasteiger partial charge >= 0.3 is 0 Å². The van der Waals surface area contributed by atoms with E-state index < -0.39 is 0 Å². The molecule has 0 aromatic carbocycles. The number of aliphatic hydroxyl groups excluding tert-OH is 1. The molecule has 82 valence electrons. The van der Waals surface area contributed by atoms with E-state index in [1.165, 1.54) is 26.2 Å². The average Bonchev–Trinajstić information content (AvgIpc) is 1.98. The predicted octanol–water partition coefficient (Wildman–Crippen LogP) is 0.395. The van der Waals surface area contributed by atoms with Crippen LogP contribution < -0.4 is 0 Å². The van der Waals surface area contributed by atoms with Gasteiger partial charge < -0.3 is 10.0 Å². The van der Waals surface area contributed by atoms with Crippen molar-refractivity contribution >= 4 is 0 Å². The summed E-state index contributed by atoms with van der Waals surface area (Å²) in [5, 5.41) is 9.65. The SMILES string of the molecule is CCC[C@@H](O)CN1CC2(CN(C)C2)C1. The van der Waals surface area contributed by atoms with Gasteiger partial charge in [-0.25, -0.2) is 0 Å². The van der Waals surface area contributed by atoms with Crippen LogP contribution in [-0.2, 0) is 0 Å². The molecule has 1 N–H and O–H groups in total. The molecule has 1 spiro atoms. The first kappa shape index (κ1) is 10.4. The lowest BCUT2D eigenvalue weighted by atomic mass is 9.73. The zero-order chi connectivity index (χ0) is 10.2. The monoisotopic (exact) mass is 198 g/mol. The van der Waals surface area contributed by atoms with Crippen LogP contribution in [0.15, 0.2) is 0 Å². The molecule has 2 heterocycles. The highest BCUT2D eigenvalue weighted by Crippen LogP contribution is 2.38. The fourth-order valence-electron chi connectivity index (χ4n) is 3.05. The van der Waals surface area contributed by atoms with Gasteiger partial charge in [-0.05, 0) is 13.5 Å². The van der Waals surface area contributed by atoms with Gasteiger partial charge in [0, 0.05) is 38.1 Å². The second-order valence-electron chi connectivity index (χ2n) is 5.28. The molecule has 0 amide bonds. The summed E-state index contributed by atoms with van der Waals surface area (Å²) in [6.45, 7) is 7.94. The number of aliphatic hydroxyl groups is 1. The molecule has 0 radical (unpaired) electrons. The van der Waals surface area contributed by atoms with E-state index >= 15 is 0 Å². The lowest BCUT2D eigenvalue weighted by Gasteiger charge is -2.60. The summed E-state index contributed by atoms with van der Waals surface area (Å²) in [7, 11) is 2.18. The first-order chi connectivity index (χ1) is 6.63. The standard InChI is InChI=1S/C11H22N2O/c1-3-4-10(14)5-13-8-11(9-13)6-12(2)7-11/h10,14H,3-9H2,1-2H3/t10-/m1/s1. The predicted molar refractivity (Wildman–Crippen MR) is 57.3 cm³/mol. The number of likely N-dealkylation sites (tertiary alicyclic amines) is 2. The van der Waals surface area contributed by atoms with E-state index in [4.69, 9.17) is 0 Å². The molecule has 14 heavy (non-hydrogen) atoms. The third-order valence-electron chi connectivity index (χ3n) is 3.42. The largest absolute Gasteiger partial charge is 0.392 e. The minimum absolute atomic E-state index is 0.102. The molecule has 2 saturated heterocycles. The number of hydrogen-bond acceptors (Lipinski definition) is 3. The second-order valence-corrected chi connectivity index (χ2v) is 5.28. The minimum Gasteiger partial charge on any atom is -0.392 e. The molecule has 2 aliphatic heterocycles. The van der Waals surface area contributed by atoms with Crippen molar-refractivity contribution in [2.24, 2.45) is 5.41 Å². The maximum atomic E-state index is 9.65. The van der Waals surface area contributed by atoms with Gasteiger partial charge in [0.2, 0.25) is 0 Å². The van der Waals surface area contributed by atoms with Crippen molar-refractivity contribution in [3.63, 3.8) is 0 Å². The molecule has 3 heteroatoms. The van der Waals surface area contributed by atoms with E-state index in [1.807, 2.05) is 0 Å². The maximum Gasteiger partial charge on any atom is 0.0667 e. The highest BCUT2D eigenvalue weighted by atomic mass is 16.3. The molecule has 0 aromatic heterocycles. The van der Waals surface area contributed by atoms with Gasteiger partial charge in [0.25, 0.3) is 0 Å². The minimum atomic E-state index is -0.102. The van der Waals surface area contributed by atoms with Crippen LogP contribution in [0.1, 0.15) is 19.8 Å². The summed E-state index contributed by atoms with van der Waals surface area (Å²) in [4.78, 5) is 4.77. The Labute approximate surface area is 86.7 Å². The zero-order valence-electron chi connectivity index (χ0n) is 9.37. The van der Waals surface area contributed by atoms with Gasteiger partial charge in [0.1, 0.15) is 0 Å². The van der Waals surface area contributed by atoms with Crippen LogP contribution >= 0.6 is 0 Å². The van der Waals surface area contributed by atoms with Crippen LogP contribution in [0.5, 0.6) is 0 Å². The molecule has 2 fully saturated rings. The molecule has 0 aliphatic carbocycles. The first-order valence-electron chi connectivity index (χ1n) is 5.72. The molecule has 0 unspecified atom stereocenters. The van der Waals surface area contributed by atoms with Crippen molar-refractivity contribution in [1.29, 1.82) is 0 Å². The molecule has 0 saturated carbocycles. The van der Waals surface area contributed by atoms with Crippen LogP contribution in [0.3, 0.4) is 0 Å². The Hall–Kier alpha value is -0.120. The van der Waals surface area contributed by atoms with E-state index in [9.17, 15) is 5.11 Å². The van der Waals surface area contributed by atoms with E-state index in [1.54, 1.807) is 0 Å². The molecule has 0 aromatic rings. The Morgan fingerprint density at radius 2 is 1.93 bits per heavy atom. The summed E-state index contributed by atoms with van der Waals surface area (Å²) in [5.41, 5.74) is 0.612. The number of β-amino-alcohol motifs (C(OH)–C–C–N with tert-alkyl or cyclic N) is 1. The van der Waals surface area contributed by atoms with Crippen molar-refractivity contribution in [3.8, 4) is 0 Å². The van der Waals surface area contributed by atoms with Crippen molar-refractivity contribution in [2.75, 3.05) is 39.8 Å². The van der Waals surface area contributed by atoms with Gasteiger partial charge in [0.05, 0.1) is 6.10 Å². The third-order valence-corrected chi connectivity index (χ3v) is 3.42. The summed E-state index contributed by atoms with van der Waals surface area (Å²) < 4.78 is 0. The third kappa shape index (κ3) is 1.95. The van der Waals surface area contributed by atoms with Crippen LogP contribution in [-0.4, -0.2) is 60.8 Å². The quantitative estimate of drug-likeness (QED) is 0.708. The van der Waals surface area contributed by atoms with Crippen molar-refractivity contribution < 1.29 is 5.11 Å². The summed E-state index contributed by atoms with van der Waals surface area (Å²) in [6.07, 6.45) is 1.93. The first-order valence-corrected chi connectivity index (χ1v) is 5.72. The fourth-order valence-corrected chi connectivity index (χ4v) is 3.05. The molecular weight excluding hydrogens is 176 g/mol. The smallest absolute Gasteiger partial charge is 0.0667 e. The van der Waals surface area contributed by atoms with E-state index in [0.717, 1.165) is 19.4 Å². The normalized spacial score (nSPS) is 28.5. The fraction of sp³-hybridized carbons (Fsp3) is 1.00. The molecular formula is C11H22N2O. The Morgan fingerprint density at radius 3 is 2.43 bits per heavy atom. The van der Waals surface area contributed by atoms with E-state index in [0.29, 0.717) is 5.41 Å². The van der Waals surface area contributed by atoms with Gasteiger partial charge in [-0.1, -0.05) is 13.3 Å². The highest BCUT2D eigenvalue weighted by Gasteiger charge is 2.50. The van der Waals surface area contributed by atoms with Crippen LogP contribution in [0, 0.1) is 5.41 Å². The Kier molecular flexibility index (Phi) is 2.82. The molecule has 3 nitrogen and oxygen atoms in total. The molecule has 2 aliphatic rings. The number of hydrogen-bond donors (Lipinski definition) is 1. The molecule has 0 bridgehead atoms. The van der Waals surface area contributed by atoms with Crippen LogP contribution in [0.4, 0.5) is 0 Å². The second kappa shape index (κ2) is 3.80. The van der Waals surface area contributed by atoms with Crippen molar-refractivity contribution in [3.05, 3.63) is 0 Å². The number of nitrogens with zero attached hydrogens (tertiary/aromatic N) is 2. The lowest BCUT2D eigenvalue weighted by Crippen LogP contribution is -2.71. The Bertz CT molecular complexity index is 191. The Balaban J connectivity index is 1.63. The maximum absolute atomic E-state index is 9.65. The van der Waals surface area contributed by atoms with Gasteiger partial charge in [-0.2, -0.15) is 0 Å². The molecule has 1 atom stereocenters. The summed E-state index contributed by atoms with van der Waals surface area (Å²) in [6, 6.07) is 0. The highest BCUT2D eigenvalue weighted by molar-refractivity contribution is 5.04. The zero-order valence-corrected chi connectivity index (χ0v) is 9.37. The Morgan fingerprint density at radius 1 is 1.29 bits per heavy atom. The lowest BCUT2D eigenvalue weighted by molar-refractivity contribution is -0.114. The topological polar surface area (TPSA) is 26.7 Å². The van der Waals surface area contributed by atoms with Crippen molar-refractivity contribution in [2.45, 2.75) is 25.9 Å². The van der Waals surface area contributed by atoms with E-state index in [-0.39, 0.29) is 6.10 Å². The van der Waals surface area contributed by atoms with Crippen LogP contribution in [0.25, 0.3) is 0 Å². The van der Waals surface area contributed by atoms with Crippen LogP contribution in [0.2, 0.25) is 0 Å². The average molecular weight is 198 g/mol. The number of rotatable bonds is 4. The van der Waals surface area contributed by atoms with Gasteiger partial charge in [0.15, 0.2) is 0 Å². The van der Waals surface area contributed by atoms with E-state index in [2.05, 4.69) is 23.8 Å². The summed E-state index contributed by atoms with van der Waals surface area (Å²) in [5.74, 6) is 0. The summed E-state index contributed by atoms with van der Waals surface area (Å²) >= 11 is 0.